The molecule has 25 heavy (non-hydrogen) atoms. The van der Waals surface area contributed by atoms with Gasteiger partial charge < -0.3 is 10.1 Å². The molecule has 0 amide bonds. The molecule has 0 saturated carbocycles. The van der Waals surface area contributed by atoms with Crippen LogP contribution in [-0.2, 0) is 13.4 Å². The summed E-state index contributed by atoms with van der Waals surface area (Å²) in [4.78, 5) is 0. The number of aromatic nitrogens is 1. The van der Waals surface area contributed by atoms with Crippen molar-refractivity contribution < 1.29 is 13.4 Å². The number of rotatable bonds is 6. The minimum atomic E-state index is -0.181. The van der Waals surface area contributed by atoms with E-state index in [-0.39, 0.29) is 18.8 Å². The predicted octanol–water partition coefficient (Wildman–Crippen LogP) is 6.88. The van der Waals surface area contributed by atoms with Crippen LogP contribution in [0.4, 0.5) is 0 Å². The van der Waals surface area contributed by atoms with Gasteiger partial charge in [0.1, 0.15) is 0 Å². The van der Waals surface area contributed by atoms with Gasteiger partial charge in [0.15, 0.2) is 0 Å². The molecule has 1 aromatic carbocycles. The van der Waals surface area contributed by atoms with Gasteiger partial charge in [-0.25, -0.2) is 5.56 Å². The third kappa shape index (κ3) is 6.21. The molecule has 0 spiro atoms. The third-order valence-electron chi connectivity index (χ3n) is 4.18. The van der Waals surface area contributed by atoms with Crippen molar-refractivity contribution in [3.8, 4) is 0 Å². The van der Waals surface area contributed by atoms with E-state index in [2.05, 4.69) is 56.3 Å². The molecule has 2 nitrogen and oxygen atoms in total. The summed E-state index contributed by atoms with van der Waals surface area (Å²) in [5, 5.41) is 0. The molecule has 2 aromatic rings. The summed E-state index contributed by atoms with van der Waals surface area (Å²) in [7, 11) is 9.65. The first-order valence-electron chi connectivity index (χ1n) is 8.08. The predicted molar refractivity (Wildman–Crippen MR) is 104 cm³/mol. The van der Waals surface area contributed by atoms with E-state index in [0.29, 0.717) is 0 Å². The first kappa shape index (κ1) is 20.1. The van der Waals surface area contributed by atoms with Gasteiger partial charge in [-0.05, 0) is 36.4 Å². The number of hydrogen-bond acceptors (Lipinski definition) is 0. The second-order valence-electron chi connectivity index (χ2n) is 6.42. The molecule has 134 valence electrons. The second kappa shape index (κ2) is 10.0. The fourth-order valence-electron chi connectivity index (χ4n) is 2.84. The Balaban J connectivity index is 0.000000701. The molecule has 5 heteroatoms. The molecule has 0 radical (unpaired) electrons. The van der Waals surface area contributed by atoms with Gasteiger partial charge in [-0.1, -0.05) is 50.1 Å². The van der Waals surface area contributed by atoms with Crippen molar-refractivity contribution in [2.75, 3.05) is 0 Å². The molecule has 0 N–H and O–H groups in total. The van der Waals surface area contributed by atoms with E-state index >= 15 is 0 Å². The third-order valence-corrected chi connectivity index (χ3v) is 4.18. The maximum atomic E-state index is 4.83. The van der Waals surface area contributed by atoms with E-state index in [1.54, 1.807) is 0 Å². The van der Waals surface area contributed by atoms with E-state index in [4.69, 9.17) is 25.5 Å². The first-order valence-corrected chi connectivity index (χ1v) is 11.6. The molecule has 1 aliphatic rings. The molecule has 1 aromatic heterocycles. The summed E-state index contributed by atoms with van der Waals surface area (Å²) in [5.74, 6) is 0. The Labute approximate surface area is 165 Å². The Morgan fingerprint density at radius 3 is 2.32 bits per heavy atom. The van der Waals surface area contributed by atoms with Crippen molar-refractivity contribution in [2.45, 2.75) is 26.7 Å². The van der Waals surface area contributed by atoms with E-state index in [9.17, 15) is 0 Å². The average molecular weight is 413 g/mol. The topological polar surface area (TPSA) is 19.0 Å². The number of benzene rings is 1. The van der Waals surface area contributed by atoms with Crippen LogP contribution < -0.4 is 0 Å². The van der Waals surface area contributed by atoms with Gasteiger partial charge in [0.05, 0.1) is 0 Å². The number of nitrogens with zero attached hydrogens (tertiary/aromatic N) is 2. The van der Waals surface area contributed by atoms with Gasteiger partial charge in [0, 0.05) is 0 Å². The summed E-state index contributed by atoms with van der Waals surface area (Å²) in [6, 6.07) is 15.6. The SMILES string of the molecule is CC(C)(C[C-]([N-]n1cccc1)c1ccccc1)C1=CC=CC1.[Cl][Cr][Cl]. The van der Waals surface area contributed by atoms with Crippen molar-refractivity contribution in [2.24, 2.45) is 5.41 Å². The maximum absolute atomic E-state index is 4.83. The molecule has 1 heterocycles. The fourth-order valence-corrected chi connectivity index (χ4v) is 2.84. The van der Waals surface area contributed by atoms with Gasteiger partial charge in [0.25, 0.3) is 0 Å². The van der Waals surface area contributed by atoms with Crippen molar-refractivity contribution in [3.05, 3.63) is 95.7 Å². The summed E-state index contributed by atoms with van der Waals surface area (Å²) >= 11 is -0.181. The Bertz CT molecular complexity index is 679. The summed E-state index contributed by atoms with van der Waals surface area (Å²) in [6.45, 7) is 4.61. The van der Waals surface area contributed by atoms with Crippen LogP contribution in [0.2, 0.25) is 0 Å². The molecule has 0 aliphatic heterocycles. The normalized spacial score (nSPS) is 13.0. The monoisotopic (exact) mass is 412 g/mol. The molecule has 0 fully saturated rings. The van der Waals surface area contributed by atoms with Crippen LogP contribution in [0.5, 0.6) is 0 Å². The molecule has 0 atom stereocenters. The standard InChI is InChI=1S/C20H22N2.2ClH.Cr/c1-20(2,18-12-6-7-13-18)16-19(17-10-4-3-5-11-17)21-22-14-8-9-15-22;;;/h3-12,14-15H,13,16H2,1-2H3;2*1H;/q-2;;;+2/p-2. The van der Waals surface area contributed by atoms with E-state index in [1.807, 2.05) is 35.3 Å². The Morgan fingerprint density at radius 1 is 1.12 bits per heavy atom. The molecule has 0 unspecified atom stereocenters. The van der Waals surface area contributed by atoms with Crippen LogP contribution in [0.15, 0.2) is 78.7 Å². The van der Waals surface area contributed by atoms with Gasteiger partial charge in [0.2, 0.25) is 0 Å². The molecule has 0 bridgehead atoms. The van der Waals surface area contributed by atoms with Crippen LogP contribution in [0.25, 0.3) is 5.43 Å². The zero-order chi connectivity index (χ0) is 18.1. The van der Waals surface area contributed by atoms with Crippen LogP contribution in [-0.4, -0.2) is 4.68 Å². The summed E-state index contributed by atoms with van der Waals surface area (Å²) < 4.78 is 1.89. The number of hydrogen-bond donors (Lipinski definition) is 0. The van der Waals surface area contributed by atoms with Gasteiger partial charge in [-0.15, -0.1) is 12.1 Å². The van der Waals surface area contributed by atoms with Gasteiger partial charge in [-0.2, -0.15) is 12.1 Å². The van der Waals surface area contributed by atoms with E-state index < -0.39 is 0 Å². The zero-order valence-electron chi connectivity index (χ0n) is 14.4. The molecule has 3 rings (SSSR count). The molecule has 0 saturated heterocycles. The number of allylic oxidation sites excluding steroid dienone is 4. The van der Waals surface area contributed by atoms with Crippen LogP contribution in [0.1, 0.15) is 32.3 Å². The Hall–Kier alpha value is -1.24. The summed E-state index contributed by atoms with van der Waals surface area (Å²) in [5.41, 5.74) is 7.60. The van der Waals surface area contributed by atoms with E-state index in [1.165, 1.54) is 11.1 Å². The summed E-state index contributed by atoms with van der Waals surface area (Å²) in [6.07, 6.45) is 12.6. The van der Waals surface area contributed by atoms with Crippen LogP contribution in [0, 0.1) is 11.5 Å². The van der Waals surface area contributed by atoms with Crippen molar-refractivity contribution in [1.82, 2.24) is 4.68 Å². The van der Waals surface area contributed by atoms with Crippen LogP contribution in [0.3, 0.4) is 0 Å². The van der Waals surface area contributed by atoms with Crippen LogP contribution >= 0.6 is 20.1 Å². The quantitative estimate of drug-likeness (QED) is 0.460. The average Bonchev–Trinajstić information content (AvgIpc) is 3.30. The molecular formula is C20H22Cl2CrN2-2. The van der Waals surface area contributed by atoms with Gasteiger partial charge in [-0.3, -0.25) is 6.04 Å². The molecular weight excluding hydrogens is 391 g/mol. The minimum absolute atomic E-state index is 0.103. The second-order valence-corrected chi connectivity index (χ2v) is 8.52. The zero-order valence-corrected chi connectivity index (χ0v) is 17.2. The van der Waals surface area contributed by atoms with Crippen molar-refractivity contribution in [3.63, 3.8) is 0 Å². The van der Waals surface area contributed by atoms with Crippen molar-refractivity contribution in [1.29, 1.82) is 0 Å². The Kier molecular flexibility index (Phi) is 8.07. The number of halogens is 2. The Morgan fingerprint density at radius 2 is 1.76 bits per heavy atom. The first-order chi connectivity index (χ1) is 12.1. The van der Waals surface area contributed by atoms with E-state index in [0.717, 1.165) is 18.9 Å². The van der Waals surface area contributed by atoms with Gasteiger partial charge >= 0.3 is 33.5 Å². The van der Waals surface area contributed by atoms with Crippen molar-refractivity contribution >= 4 is 20.1 Å². The molecule has 1 aliphatic carbocycles. The fraction of sp³-hybridized carbons (Fsp3) is 0.250.